The Hall–Kier alpha value is -3.18. The molecule has 1 aliphatic rings. The van der Waals surface area contributed by atoms with Crippen LogP contribution in [0, 0.1) is 0 Å². The van der Waals surface area contributed by atoms with Gasteiger partial charge in [0.15, 0.2) is 0 Å². The lowest BCUT2D eigenvalue weighted by atomic mass is 10.1. The summed E-state index contributed by atoms with van der Waals surface area (Å²) in [5.74, 6) is 1.22. The van der Waals surface area contributed by atoms with Crippen molar-refractivity contribution in [3.05, 3.63) is 96.2 Å². The number of hydrogen-bond donors (Lipinski definition) is 0. The minimum absolute atomic E-state index is 0.200. The predicted octanol–water partition coefficient (Wildman–Crippen LogP) is 3.48. The second-order valence-corrected chi connectivity index (χ2v) is 7.99. The van der Waals surface area contributed by atoms with Gasteiger partial charge in [0.1, 0.15) is 5.82 Å². The van der Waals surface area contributed by atoms with Crippen molar-refractivity contribution < 1.29 is 4.79 Å². The van der Waals surface area contributed by atoms with E-state index in [0.717, 1.165) is 45.0 Å². The van der Waals surface area contributed by atoms with E-state index >= 15 is 0 Å². The van der Waals surface area contributed by atoms with Crippen LogP contribution < -0.4 is 4.90 Å². The number of anilines is 1. The predicted molar refractivity (Wildman–Crippen MR) is 125 cm³/mol. The van der Waals surface area contributed by atoms with E-state index in [-0.39, 0.29) is 5.91 Å². The molecule has 0 saturated carbocycles. The standard InChI is InChI=1S/C26H30N4O/c31-26(22-28-17-19-29(20-18-28)25-13-7-8-15-27-25)30(21-24-11-5-2-6-12-24)16-14-23-9-3-1-4-10-23/h1-13,15H,14,16-22H2. The fraction of sp³-hybridized carbons (Fsp3) is 0.308. The summed E-state index contributed by atoms with van der Waals surface area (Å²) in [6, 6.07) is 26.7. The van der Waals surface area contributed by atoms with Gasteiger partial charge in [-0.15, -0.1) is 0 Å². The lowest BCUT2D eigenvalue weighted by Gasteiger charge is -2.36. The number of hydrogen-bond acceptors (Lipinski definition) is 4. The number of nitrogens with zero attached hydrogens (tertiary/aromatic N) is 4. The molecular weight excluding hydrogens is 384 g/mol. The third-order valence-corrected chi connectivity index (χ3v) is 5.79. The topological polar surface area (TPSA) is 39.7 Å². The average molecular weight is 415 g/mol. The summed E-state index contributed by atoms with van der Waals surface area (Å²) in [5, 5.41) is 0. The Balaban J connectivity index is 1.35. The molecule has 2 aromatic carbocycles. The molecule has 0 spiro atoms. The lowest BCUT2D eigenvalue weighted by Crippen LogP contribution is -2.50. The fourth-order valence-corrected chi connectivity index (χ4v) is 3.97. The van der Waals surface area contributed by atoms with Gasteiger partial charge in [0, 0.05) is 45.5 Å². The van der Waals surface area contributed by atoms with Gasteiger partial charge in [0.2, 0.25) is 5.91 Å². The third kappa shape index (κ3) is 6.15. The van der Waals surface area contributed by atoms with Crippen LogP contribution >= 0.6 is 0 Å². The van der Waals surface area contributed by atoms with Crippen molar-refractivity contribution in [1.29, 1.82) is 0 Å². The van der Waals surface area contributed by atoms with Crippen molar-refractivity contribution in [3.8, 4) is 0 Å². The van der Waals surface area contributed by atoms with Gasteiger partial charge in [-0.2, -0.15) is 0 Å². The molecule has 0 N–H and O–H groups in total. The van der Waals surface area contributed by atoms with Crippen LogP contribution in [0.5, 0.6) is 0 Å². The molecule has 1 amide bonds. The molecule has 0 aliphatic carbocycles. The smallest absolute Gasteiger partial charge is 0.237 e. The number of pyridine rings is 1. The van der Waals surface area contributed by atoms with E-state index < -0.39 is 0 Å². The summed E-state index contributed by atoms with van der Waals surface area (Å²) in [4.78, 5) is 24.3. The number of amides is 1. The SMILES string of the molecule is O=C(CN1CCN(c2ccccn2)CC1)N(CCc1ccccc1)Cc1ccccc1. The van der Waals surface area contributed by atoms with Crippen molar-refractivity contribution in [2.24, 2.45) is 0 Å². The van der Waals surface area contributed by atoms with Crippen LogP contribution in [0.1, 0.15) is 11.1 Å². The number of aromatic nitrogens is 1. The Morgan fingerprint density at radius 1 is 0.806 bits per heavy atom. The summed E-state index contributed by atoms with van der Waals surface area (Å²) in [6.45, 7) is 5.39. The summed E-state index contributed by atoms with van der Waals surface area (Å²) >= 11 is 0. The molecule has 0 bridgehead atoms. The van der Waals surface area contributed by atoms with E-state index in [4.69, 9.17) is 0 Å². The van der Waals surface area contributed by atoms with Crippen molar-refractivity contribution >= 4 is 11.7 Å². The van der Waals surface area contributed by atoms with E-state index in [1.165, 1.54) is 11.1 Å². The zero-order valence-electron chi connectivity index (χ0n) is 17.9. The highest BCUT2D eigenvalue weighted by Gasteiger charge is 2.22. The Bertz CT molecular complexity index is 925. The first-order chi connectivity index (χ1) is 15.3. The van der Waals surface area contributed by atoms with Crippen molar-refractivity contribution in [2.75, 3.05) is 44.2 Å². The number of rotatable bonds is 8. The van der Waals surface area contributed by atoms with Crippen LogP contribution in [0.4, 0.5) is 5.82 Å². The molecular formula is C26H30N4O. The fourth-order valence-electron chi connectivity index (χ4n) is 3.97. The van der Waals surface area contributed by atoms with Gasteiger partial charge in [-0.3, -0.25) is 9.69 Å². The Morgan fingerprint density at radius 3 is 2.10 bits per heavy atom. The van der Waals surface area contributed by atoms with E-state index in [1.54, 1.807) is 0 Å². The van der Waals surface area contributed by atoms with E-state index in [0.29, 0.717) is 13.1 Å². The summed E-state index contributed by atoms with van der Waals surface area (Å²) in [6.07, 6.45) is 2.70. The molecule has 0 unspecified atom stereocenters. The molecule has 160 valence electrons. The third-order valence-electron chi connectivity index (χ3n) is 5.79. The molecule has 0 radical (unpaired) electrons. The largest absolute Gasteiger partial charge is 0.354 e. The van der Waals surface area contributed by atoms with Crippen LogP contribution in [0.25, 0.3) is 0 Å². The molecule has 31 heavy (non-hydrogen) atoms. The maximum Gasteiger partial charge on any atom is 0.237 e. The Morgan fingerprint density at radius 2 is 1.45 bits per heavy atom. The van der Waals surface area contributed by atoms with Crippen LogP contribution in [0.2, 0.25) is 0 Å². The minimum Gasteiger partial charge on any atom is -0.354 e. The number of carbonyl (C=O) groups is 1. The first-order valence-electron chi connectivity index (χ1n) is 11.0. The zero-order chi connectivity index (χ0) is 21.3. The number of benzene rings is 2. The maximum atomic E-state index is 13.2. The molecule has 0 atom stereocenters. The summed E-state index contributed by atoms with van der Waals surface area (Å²) in [5.41, 5.74) is 2.43. The van der Waals surface area contributed by atoms with Gasteiger partial charge in [-0.25, -0.2) is 4.98 Å². The minimum atomic E-state index is 0.200. The van der Waals surface area contributed by atoms with Gasteiger partial charge in [0.05, 0.1) is 6.54 Å². The first kappa shape index (κ1) is 21.1. The van der Waals surface area contributed by atoms with Gasteiger partial charge >= 0.3 is 0 Å². The second-order valence-electron chi connectivity index (χ2n) is 7.99. The molecule has 3 aromatic rings. The van der Waals surface area contributed by atoms with E-state index in [2.05, 4.69) is 51.2 Å². The van der Waals surface area contributed by atoms with Crippen LogP contribution in [0.3, 0.4) is 0 Å². The highest BCUT2D eigenvalue weighted by molar-refractivity contribution is 5.78. The summed E-state index contributed by atoms with van der Waals surface area (Å²) < 4.78 is 0. The lowest BCUT2D eigenvalue weighted by molar-refractivity contribution is -0.133. The molecule has 2 heterocycles. The average Bonchev–Trinajstić information content (AvgIpc) is 2.84. The van der Waals surface area contributed by atoms with Crippen LogP contribution in [-0.4, -0.2) is 60.0 Å². The molecule has 5 nitrogen and oxygen atoms in total. The number of piperazine rings is 1. The first-order valence-corrected chi connectivity index (χ1v) is 11.0. The van der Waals surface area contributed by atoms with Crippen molar-refractivity contribution in [1.82, 2.24) is 14.8 Å². The second kappa shape index (κ2) is 10.7. The van der Waals surface area contributed by atoms with E-state index in [9.17, 15) is 4.79 Å². The van der Waals surface area contributed by atoms with Gasteiger partial charge < -0.3 is 9.80 Å². The highest BCUT2D eigenvalue weighted by atomic mass is 16.2. The van der Waals surface area contributed by atoms with Crippen molar-refractivity contribution in [2.45, 2.75) is 13.0 Å². The molecule has 1 aromatic heterocycles. The molecule has 1 fully saturated rings. The molecule has 4 rings (SSSR count). The quantitative estimate of drug-likeness (QED) is 0.566. The van der Waals surface area contributed by atoms with Gasteiger partial charge in [-0.1, -0.05) is 66.7 Å². The normalized spacial score (nSPS) is 14.4. The van der Waals surface area contributed by atoms with Gasteiger partial charge in [0.25, 0.3) is 0 Å². The Kier molecular flexibility index (Phi) is 7.29. The number of carbonyl (C=O) groups excluding carboxylic acids is 1. The monoisotopic (exact) mass is 414 g/mol. The highest BCUT2D eigenvalue weighted by Crippen LogP contribution is 2.13. The molecule has 1 aliphatic heterocycles. The molecule has 1 saturated heterocycles. The van der Waals surface area contributed by atoms with Crippen LogP contribution in [0.15, 0.2) is 85.1 Å². The Labute approximate surface area is 184 Å². The molecule has 5 heteroatoms. The summed E-state index contributed by atoms with van der Waals surface area (Å²) in [7, 11) is 0. The zero-order valence-corrected chi connectivity index (χ0v) is 17.9. The van der Waals surface area contributed by atoms with E-state index in [1.807, 2.05) is 53.6 Å². The van der Waals surface area contributed by atoms with Crippen molar-refractivity contribution in [3.63, 3.8) is 0 Å². The maximum absolute atomic E-state index is 13.2. The van der Waals surface area contributed by atoms with Crippen LogP contribution in [-0.2, 0) is 17.8 Å². The van der Waals surface area contributed by atoms with Gasteiger partial charge in [-0.05, 0) is 29.7 Å².